The molecule has 102 valence electrons. The molecule has 1 aromatic carbocycles. The topological polar surface area (TPSA) is 82.3 Å². The molecule has 5 nitrogen and oxygen atoms in total. The summed E-state index contributed by atoms with van der Waals surface area (Å²) in [6, 6.07) is 6.56. The molecule has 0 saturated carbocycles. The van der Waals surface area contributed by atoms with Gasteiger partial charge < -0.3 is 15.2 Å². The van der Waals surface area contributed by atoms with Crippen LogP contribution in [0.5, 0.6) is 5.75 Å². The fraction of sp³-hybridized carbons (Fsp3) is 0.429. The van der Waals surface area contributed by atoms with E-state index in [1.54, 1.807) is 25.3 Å². The van der Waals surface area contributed by atoms with Gasteiger partial charge in [-0.15, -0.1) is 0 Å². The van der Waals surface area contributed by atoms with Crippen molar-refractivity contribution in [1.82, 2.24) is 5.32 Å². The van der Waals surface area contributed by atoms with Gasteiger partial charge in [0.2, 0.25) is 0 Å². The Kier molecular flexibility index (Phi) is 5.83. The third-order valence-corrected chi connectivity index (χ3v) is 2.82. The summed E-state index contributed by atoms with van der Waals surface area (Å²) >= 11 is 0. The Bertz CT molecular complexity index is 480. The average Bonchev–Trinajstić information content (AvgIpc) is 2.42. The van der Waals surface area contributed by atoms with E-state index in [2.05, 4.69) is 11.4 Å². The summed E-state index contributed by atoms with van der Waals surface area (Å²) < 4.78 is 5.20. The SMILES string of the molecule is CCCC(NCc1cc(C#N)ccc1OC)C(=O)O. The largest absolute Gasteiger partial charge is 0.496 e. The molecule has 0 aliphatic heterocycles. The molecule has 0 fully saturated rings. The molecule has 19 heavy (non-hydrogen) atoms. The number of aliphatic carboxylic acids is 1. The highest BCUT2D eigenvalue weighted by Crippen LogP contribution is 2.19. The number of nitrogens with one attached hydrogen (secondary N) is 1. The number of benzene rings is 1. The zero-order valence-electron chi connectivity index (χ0n) is 11.1. The average molecular weight is 262 g/mol. The molecule has 0 bridgehead atoms. The van der Waals surface area contributed by atoms with Gasteiger partial charge in [0, 0.05) is 12.1 Å². The second-order valence-corrected chi connectivity index (χ2v) is 4.20. The molecule has 1 atom stereocenters. The Hall–Kier alpha value is -2.06. The molecule has 0 aliphatic carbocycles. The summed E-state index contributed by atoms with van der Waals surface area (Å²) in [5, 5.41) is 20.9. The molecular weight excluding hydrogens is 244 g/mol. The summed E-state index contributed by atoms with van der Waals surface area (Å²) in [4.78, 5) is 11.0. The smallest absolute Gasteiger partial charge is 0.320 e. The van der Waals surface area contributed by atoms with Gasteiger partial charge in [-0.2, -0.15) is 5.26 Å². The van der Waals surface area contributed by atoms with Crippen LogP contribution in [0.4, 0.5) is 0 Å². The normalized spacial score (nSPS) is 11.6. The molecule has 1 rings (SSSR count). The maximum Gasteiger partial charge on any atom is 0.320 e. The van der Waals surface area contributed by atoms with E-state index in [-0.39, 0.29) is 0 Å². The Morgan fingerprint density at radius 1 is 1.58 bits per heavy atom. The summed E-state index contributed by atoms with van der Waals surface area (Å²) in [5.74, 6) is -0.218. The van der Waals surface area contributed by atoms with Crippen LogP contribution < -0.4 is 10.1 Å². The number of carboxylic acids is 1. The molecule has 5 heteroatoms. The van der Waals surface area contributed by atoms with Crippen molar-refractivity contribution < 1.29 is 14.6 Å². The Labute approximate surface area is 112 Å². The lowest BCUT2D eigenvalue weighted by molar-refractivity contribution is -0.139. The van der Waals surface area contributed by atoms with Crippen molar-refractivity contribution >= 4 is 5.97 Å². The minimum Gasteiger partial charge on any atom is -0.496 e. The molecule has 0 saturated heterocycles. The highest BCUT2D eigenvalue weighted by atomic mass is 16.5. The van der Waals surface area contributed by atoms with Gasteiger partial charge in [-0.3, -0.25) is 4.79 Å². The molecule has 0 aliphatic rings. The molecule has 1 aromatic rings. The van der Waals surface area contributed by atoms with E-state index in [1.165, 1.54) is 0 Å². The van der Waals surface area contributed by atoms with Crippen LogP contribution in [0.2, 0.25) is 0 Å². The van der Waals surface area contributed by atoms with Gasteiger partial charge in [0.15, 0.2) is 0 Å². The van der Waals surface area contributed by atoms with Gasteiger partial charge in [0.25, 0.3) is 0 Å². The fourth-order valence-corrected chi connectivity index (χ4v) is 1.82. The number of methoxy groups -OCH3 is 1. The molecule has 0 spiro atoms. The summed E-state index contributed by atoms with van der Waals surface area (Å²) in [7, 11) is 1.55. The summed E-state index contributed by atoms with van der Waals surface area (Å²) in [5.41, 5.74) is 1.31. The zero-order chi connectivity index (χ0) is 14.3. The van der Waals surface area contributed by atoms with Crippen molar-refractivity contribution in [3.63, 3.8) is 0 Å². The maximum absolute atomic E-state index is 11.0. The van der Waals surface area contributed by atoms with Crippen molar-refractivity contribution in [2.45, 2.75) is 32.4 Å². The van der Waals surface area contributed by atoms with Crippen LogP contribution in [0.15, 0.2) is 18.2 Å². The lowest BCUT2D eigenvalue weighted by atomic mass is 10.1. The van der Waals surface area contributed by atoms with Gasteiger partial charge in [-0.05, 0) is 24.6 Å². The molecule has 0 heterocycles. The van der Waals surface area contributed by atoms with Gasteiger partial charge in [-0.25, -0.2) is 0 Å². The minimum absolute atomic E-state index is 0.357. The number of nitrogens with zero attached hydrogens (tertiary/aromatic N) is 1. The molecular formula is C14H18N2O3. The standard InChI is InChI=1S/C14H18N2O3/c1-3-4-12(14(17)18)16-9-11-7-10(8-15)5-6-13(11)19-2/h5-7,12,16H,3-4,9H2,1-2H3,(H,17,18). The van der Waals surface area contributed by atoms with E-state index < -0.39 is 12.0 Å². The van der Waals surface area contributed by atoms with E-state index in [9.17, 15) is 4.79 Å². The second kappa shape index (κ2) is 7.39. The van der Waals surface area contributed by atoms with Gasteiger partial charge in [0.05, 0.1) is 18.7 Å². The summed E-state index contributed by atoms with van der Waals surface area (Å²) in [6.07, 6.45) is 1.36. The van der Waals surface area contributed by atoms with Gasteiger partial charge in [0.1, 0.15) is 11.8 Å². The maximum atomic E-state index is 11.0. The van der Waals surface area contributed by atoms with Crippen molar-refractivity contribution in [2.24, 2.45) is 0 Å². The van der Waals surface area contributed by atoms with E-state index in [0.717, 1.165) is 12.0 Å². The highest BCUT2D eigenvalue weighted by Gasteiger charge is 2.16. The van der Waals surface area contributed by atoms with Crippen LogP contribution in [0, 0.1) is 11.3 Å². The zero-order valence-corrected chi connectivity index (χ0v) is 11.1. The first-order valence-electron chi connectivity index (χ1n) is 6.15. The van der Waals surface area contributed by atoms with Crippen LogP contribution in [0.25, 0.3) is 0 Å². The Morgan fingerprint density at radius 2 is 2.32 bits per heavy atom. The predicted octanol–water partition coefficient (Wildman–Crippen LogP) is 1.91. The van der Waals surface area contributed by atoms with Crippen LogP contribution in [-0.2, 0) is 11.3 Å². The summed E-state index contributed by atoms with van der Waals surface area (Å²) in [6.45, 7) is 2.30. The molecule has 0 amide bonds. The molecule has 0 radical (unpaired) electrons. The first-order chi connectivity index (χ1) is 9.12. The van der Waals surface area contributed by atoms with Crippen molar-refractivity contribution in [3.05, 3.63) is 29.3 Å². The highest BCUT2D eigenvalue weighted by molar-refractivity contribution is 5.73. The third kappa shape index (κ3) is 4.27. The first kappa shape index (κ1) is 15.0. The molecule has 2 N–H and O–H groups in total. The number of hydrogen-bond acceptors (Lipinski definition) is 4. The van der Waals surface area contributed by atoms with Crippen LogP contribution in [-0.4, -0.2) is 24.2 Å². The predicted molar refractivity (Wildman–Crippen MR) is 70.9 cm³/mol. The lowest BCUT2D eigenvalue weighted by Crippen LogP contribution is -2.36. The monoisotopic (exact) mass is 262 g/mol. The second-order valence-electron chi connectivity index (χ2n) is 4.20. The van der Waals surface area contributed by atoms with Crippen LogP contribution in [0.1, 0.15) is 30.9 Å². The number of carboxylic acid groups (broad SMARTS) is 1. The van der Waals surface area contributed by atoms with Crippen LogP contribution >= 0.6 is 0 Å². The van der Waals surface area contributed by atoms with Gasteiger partial charge >= 0.3 is 5.97 Å². The number of hydrogen-bond donors (Lipinski definition) is 2. The molecule has 1 unspecified atom stereocenters. The lowest BCUT2D eigenvalue weighted by Gasteiger charge is -2.15. The van der Waals surface area contributed by atoms with Crippen molar-refractivity contribution in [3.8, 4) is 11.8 Å². The Balaban J connectivity index is 2.80. The van der Waals surface area contributed by atoms with Crippen molar-refractivity contribution in [2.75, 3.05) is 7.11 Å². The molecule has 0 aromatic heterocycles. The van der Waals surface area contributed by atoms with Crippen LogP contribution in [0.3, 0.4) is 0 Å². The fourth-order valence-electron chi connectivity index (χ4n) is 1.82. The number of nitriles is 1. The minimum atomic E-state index is -0.864. The quantitative estimate of drug-likeness (QED) is 0.784. The van der Waals surface area contributed by atoms with E-state index in [4.69, 9.17) is 15.1 Å². The Morgan fingerprint density at radius 3 is 2.84 bits per heavy atom. The first-order valence-corrected chi connectivity index (χ1v) is 6.15. The van der Waals surface area contributed by atoms with Gasteiger partial charge in [-0.1, -0.05) is 13.3 Å². The third-order valence-electron chi connectivity index (χ3n) is 2.82. The number of rotatable bonds is 7. The number of carbonyl (C=O) groups is 1. The van der Waals surface area contributed by atoms with Crippen molar-refractivity contribution in [1.29, 1.82) is 5.26 Å². The van der Waals surface area contributed by atoms with E-state index in [1.807, 2.05) is 6.92 Å². The number of ether oxygens (including phenoxy) is 1. The van der Waals surface area contributed by atoms with E-state index >= 15 is 0 Å². The van der Waals surface area contributed by atoms with E-state index in [0.29, 0.717) is 24.3 Å².